The van der Waals surface area contributed by atoms with Crippen LogP contribution in [0.3, 0.4) is 0 Å². The minimum Gasteiger partial charge on any atom is -0.356 e. The maximum Gasteiger partial charge on any atom is 0.220 e. The highest BCUT2D eigenvalue weighted by Crippen LogP contribution is 2.31. The molecule has 1 aliphatic carbocycles. The van der Waals surface area contributed by atoms with E-state index in [4.69, 9.17) is 5.73 Å². The van der Waals surface area contributed by atoms with Gasteiger partial charge in [-0.3, -0.25) is 4.79 Å². The molecule has 2 atom stereocenters. The summed E-state index contributed by atoms with van der Waals surface area (Å²) in [5.41, 5.74) is 5.65. The van der Waals surface area contributed by atoms with Crippen molar-refractivity contribution in [1.29, 1.82) is 0 Å². The molecule has 1 aliphatic rings. The molecule has 1 saturated carbocycles. The van der Waals surface area contributed by atoms with Crippen molar-refractivity contribution in [2.75, 3.05) is 6.54 Å². The van der Waals surface area contributed by atoms with Gasteiger partial charge in [-0.2, -0.15) is 0 Å². The predicted octanol–water partition coefficient (Wildman–Crippen LogP) is 2.87. The van der Waals surface area contributed by atoms with Crippen LogP contribution < -0.4 is 11.1 Å². The largest absolute Gasteiger partial charge is 0.356 e. The Morgan fingerprint density at radius 2 is 1.89 bits per heavy atom. The van der Waals surface area contributed by atoms with Crippen molar-refractivity contribution in [2.24, 2.45) is 17.6 Å². The van der Waals surface area contributed by atoms with Gasteiger partial charge in [0.05, 0.1) is 0 Å². The molecule has 0 aromatic carbocycles. The molecule has 0 aromatic rings. The lowest BCUT2D eigenvalue weighted by molar-refractivity contribution is -0.122. The molecule has 0 saturated heterocycles. The summed E-state index contributed by atoms with van der Waals surface area (Å²) in [6.45, 7) is 4.91. The zero-order chi connectivity index (χ0) is 12.7. The Morgan fingerprint density at radius 3 is 2.44 bits per heavy atom. The highest BCUT2D eigenvalue weighted by Gasteiger charge is 2.21. The Morgan fingerprint density at radius 1 is 1.28 bits per heavy atom. The zero-order valence-corrected chi connectivity index (χ0v) is 12.6. The molecule has 18 heavy (non-hydrogen) atoms. The van der Waals surface area contributed by atoms with Gasteiger partial charge in [-0.1, -0.05) is 39.0 Å². The van der Waals surface area contributed by atoms with Gasteiger partial charge >= 0.3 is 0 Å². The highest BCUT2D eigenvalue weighted by atomic mass is 35.5. The second-order valence-corrected chi connectivity index (χ2v) is 5.70. The van der Waals surface area contributed by atoms with Crippen LogP contribution in [0, 0.1) is 11.8 Å². The summed E-state index contributed by atoms with van der Waals surface area (Å²) in [5, 5.41) is 2.97. The molecule has 0 radical (unpaired) electrons. The molecule has 4 heteroatoms. The second kappa shape index (κ2) is 9.62. The monoisotopic (exact) mass is 276 g/mol. The standard InChI is InChI=1S/C14H28N2O.ClH/c1-11(13-6-4-3-5-7-13)10-14(17)16-9-8-12(2)15;/h11-13H,3-10,15H2,1-2H3,(H,16,17);1H. The summed E-state index contributed by atoms with van der Waals surface area (Å²) in [6.07, 6.45) is 8.25. The molecule has 0 spiro atoms. The third-order valence-corrected chi connectivity index (χ3v) is 3.88. The van der Waals surface area contributed by atoms with Crippen LogP contribution in [-0.2, 0) is 4.79 Å². The minimum absolute atomic E-state index is 0. The van der Waals surface area contributed by atoms with E-state index < -0.39 is 0 Å². The SMILES string of the molecule is CC(N)CCNC(=O)CC(C)C1CCCCC1.Cl. The summed E-state index contributed by atoms with van der Waals surface area (Å²) in [4.78, 5) is 11.7. The molecule has 3 nitrogen and oxygen atoms in total. The van der Waals surface area contributed by atoms with Crippen molar-refractivity contribution in [3.8, 4) is 0 Å². The number of hydrogen-bond donors (Lipinski definition) is 2. The fraction of sp³-hybridized carbons (Fsp3) is 0.929. The van der Waals surface area contributed by atoms with Crippen molar-refractivity contribution in [3.05, 3.63) is 0 Å². The Labute approximate surface area is 118 Å². The van der Waals surface area contributed by atoms with E-state index in [1.807, 2.05) is 6.92 Å². The third kappa shape index (κ3) is 7.22. The predicted molar refractivity (Wildman–Crippen MR) is 78.9 cm³/mol. The van der Waals surface area contributed by atoms with Crippen molar-refractivity contribution < 1.29 is 4.79 Å². The molecule has 0 heterocycles. The number of rotatable bonds is 6. The van der Waals surface area contributed by atoms with Crippen LogP contribution in [0.5, 0.6) is 0 Å². The molecular formula is C14H29ClN2O. The first-order chi connectivity index (χ1) is 8.09. The topological polar surface area (TPSA) is 55.1 Å². The molecule has 0 aromatic heterocycles. The lowest BCUT2D eigenvalue weighted by Gasteiger charge is -2.27. The van der Waals surface area contributed by atoms with E-state index in [0.717, 1.165) is 12.3 Å². The minimum atomic E-state index is 0. The first kappa shape index (κ1) is 17.7. The number of halogens is 1. The number of nitrogens with two attached hydrogens (primary N) is 1. The van der Waals surface area contributed by atoms with Crippen molar-refractivity contribution >= 4 is 18.3 Å². The summed E-state index contributed by atoms with van der Waals surface area (Å²) in [7, 11) is 0. The van der Waals surface area contributed by atoms with Crippen LogP contribution in [0.2, 0.25) is 0 Å². The molecule has 1 amide bonds. The first-order valence-corrected chi connectivity index (χ1v) is 7.12. The van der Waals surface area contributed by atoms with E-state index in [0.29, 0.717) is 18.9 Å². The zero-order valence-electron chi connectivity index (χ0n) is 11.8. The lowest BCUT2D eigenvalue weighted by Crippen LogP contribution is -2.31. The van der Waals surface area contributed by atoms with Crippen molar-refractivity contribution in [3.63, 3.8) is 0 Å². The van der Waals surface area contributed by atoms with E-state index in [1.54, 1.807) is 0 Å². The Bertz CT molecular complexity index is 228. The van der Waals surface area contributed by atoms with Crippen LogP contribution in [0.4, 0.5) is 0 Å². The van der Waals surface area contributed by atoms with E-state index in [1.165, 1.54) is 32.1 Å². The van der Waals surface area contributed by atoms with Crippen molar-refractivity contribution in [1.82, 2.24) is 5.32 Å². The molecule has 108 valence electrons. The van der Waals surface area contributed by atoms with Gasteiger partial charge in [-0.05, 0) is 25.2 Å². The summed E-state index contributed by atoms with van der Waals surface area (Å²) < 4.78 is 0. The Kier molecular flexibility index (Phi) is 9.47. The van der Waals surface area contributed by atoms with Gasteiger partial charge in [0.1, 0.15) is 0 Å². The molecular weight excluding hydrogens is 248 g/mol. The average Bonchev–Trinajstić information content (AvgIpc) is 2.29. The molecule has 1 rings (SSSR count). The molecule has 0 aliphatic heterocycles. The van der Waals surface area contributed by atoms with Gasteiger partial charge < -0.3 is 11.1 Å². The van der Waals surface area contributed by atoms with E-state index in [2.05, 4.69) is 12.2 Å². The second-order valence-electron chi connectivity index (χ2n) is 5.70. The summed E-state index contributed by atoms with van der Waals surface area (Å²) in [5.74, 6) is 1.50. The maximum atomic E-state index is 11.7. The van der Waals surface area contributed by atoms with Crippen molar-refractivity contribution in [2.45, 2.75) is 64.8 Å². The van der Waals surface area contributed by atoms with Gasteiger partial charge in [0.25, 0.3) is 0 Å². The van der Waals surface area contributed by atoms with Gasteiger partial charge in [-0.15, -0.1) is 12.4 Å². The van der Waals surface area contributed by atoms with Crippen LogP contribution >= 0.6 is 12.4 Å². The quantitative estimate of drug-likeness (QED) is 0.784. The highest BCUT2D eigenvalue weighted by molar-refractivity contribution is 5.85. The van der Waals surface area contributed by atoms with Gasteiger partial charge in [0, 0.05) is 19.0 Å². The fourth-order valence-corrected chi connectivity index (χ4v) is 2.67. The van der Waals surface area contributed by atoms with Crippen LogP contribution in [0.1, 0.15) is 58.8 Å². The first-order valence-electron chi connectivity index (χ1n) is 7.12. The lowest BCUT2D eigenvalue weighted by atomic mass is 9.79. The summed E-state index contributed by atoms with van der Waals surface area (Å²) >= 11 is 0. The number of nitrogens with one attached hydrogen (secondary N) is 1. The number of carbonyl (C=O) groups is 1. The number of amides is 1. The van der Waals surface area contributed by atoms with E-state index in [9.17, 15) is 4.79 Å². The molecule has 3 N–H and O–H groups in total. The molecule has 1 fully saturated rings. The number of carbonyl (C=O) groups excluding carboxylic acids is 1. The summed E-state index contributed by atoms with van der Waals surface area (Å²) in [6, 6.07) is 0.172. The Hall–Kier alpha value is -0.280. The van der Waals surface area contributed by atoms with Crippen LogP contribution in [-0.4, -0.2) is 18.5 Å². The third-order valence-electron chi connectivity index (χ3n) is 3.88. The smallest absolute Gasteiger partial charge is 0.220 e. The normalized spacial score (nSPS) is 19.7. The van der Waals surface area contributed by atoms with E-state index in [-0.39, 0.29) is 24.4 Å². The molecule has 0 bridgehead atoms. The van der Waals surface area contributed by atoms with Gasteiger partial charge in [0.2, 0.25) is 5.91 Å². The Balaban J connectivity index is 0.00000289. The van der Waals surface area contributed by atoms with Crippen LogP contribution in [0.15, 0.2) is 0 Å². The van der Waals surface area contributed by atoms with E-state index >= 15 is 0 Å². The van der Waals surface area contributed by atoms with Gasteiger partial charge in [-0.25, -0.2) is 0 Å². The van der Waals surface area contributed by atoms with Gasteiger partial charge in [0.15, 0.2) is 0 Å². The fourth-order valence-electron chi connectivity index (χ4n) is 2.67. The van der Waals surface area contributed by atoms with Crippen LogP contribution in [0.25, 0.3) is 0 Å². The molecule has 2 unspecified atom stereocenters. The maximum absolute atomic E-state index is 11.7. The number of hydrogen-bond acceptors (Lipinski definition) is 2. The average molecular weight is 277 g/mol.